The third kappa shape index (κ3) is 2.31. The maximum absolute atomic E-state index is 12.9. The Bertz CT molecular complexity index is 878. The average Bonchev–Trinajstić information content (AvgIpc) is 3.12. The minimum Gasteiger partial charge on any atom is -0.399 e. The molecule has 1 amide bonds. The van der Waals surface area contributed by atoms with Gasteiger partial charge in [-0.05, 0) is 42.1 Å². The molecule has 23 heavy (non-hydrogen) atoms. The summed E-state index contributed by atoms with van der Waals surface area (Å²) in [4.78, 5) is 15.8. The molecule has 1 aliphatic heterocycles. The van der Waals surface area contributed by atoms with Crippen LogP contribution >= 0.6 is 11.3 Å². The van der Waals surface area contributed by atoms with Crippen molar-refractivity contribution >= 4 is 28.6 Å². The normalized spacial score (nSPS) is 13.3. The lowest BCUT2D eigenvalue weighted by molar-refractivity contribution is 0.0987. The van der Waals surface area contributed by atoms with E-state index in [2.05, 4.69) is 5.10 Å². The Morgan fingerprint density at radius 2 is 2.04 bits per heavy atom. The van der Waals surface area contributed by atoms with Crippen LogP contribution in [-0.2, 0) is 13.5 Å². The molecular weight excluding hydrogens is 308 g/mol. The van der Waals surface area contributed by atoms with E-state index in [1.165, 1.54) is 5.56 Å². The fourth-order valence-electron chi connectivity index (χ4n) is 2.95. The van der Waals surface area contributed by atoms with Gasteiger partial charge in [-0.2, -0.15) is 5.10 Å². The Morgan fingerprint density at radius 3 is 2.83 bits per heavy atom. The standard InChI is InChI=1S/C17H16N4OS/c1-20-10-12-6-8-21(14-7-9-23-16(14)15(12)19-20)17(22)11-2-4-13(18)5-3-11/h2-5,7,9-10H,6,8,18H2,1H3. The van der Waals surface area contributed by atoms with E-state index in [-0.39, 0.29) is 5.91 Å². The van der Waals surface area contributed by atoms with Crippen molar-refractivity contribution in [3.05, 3.63) is 53.0 Å². The van der Waals surface area contributed by atoms with Gasteiger partial charge in [0.1, 0.15) is 5.69 Å². The first-order valence-electron chi connectivity index (χ1n) is 7.41. The van der Waals surface area contributed by atoms with Crippen LogP contribution in [0.2, 0.25) is 0 Å². The van der Waals surface area contributed by atoms with Crippen LogP contribution in [-0.4, -0.2) is 22.2 Å². The molecule has 0 aliphatic carbocycles. The predicted molar refractivity (Wildman–Crippen MR) is 92.8 cm³/mol. The number of carbonyl (C=O) groups is 1. The molecule has 0 atom stereocenters. The van der Waals surface area contributed by atoms with E-state index in [4.69, 9.17) is 5.73 Å². The molecule has 0 bridgehead atoms. The van der Waals surface area contributed by atoms with Gasteiger partial charge < -0.3 is 10.6 Å². The Labute approximate surface area is 138 Å². The molecule has 0 radical (unpaired) electrons. The predicted octanol–water partition coefficient (Wildman–Crippen LogP) is 2.93. The quantitative estimate of drug-likeness (QED) is 0.700. The number of fused-ring (bicyclic) bond motifs is 3. The minimum atomic E-state index is -0.000761. The Balaban J connectivity index is 1.76. The zero-order valence-electron chi connectivity index (χ0n) is 12.7. The molecule has 4 rings (SSSR count). The van der Waals surface area contributed by atoms with Gasteiger partial charge in [0.2, 0.25) is 0 Å². The van der Waals surface area contributed by atoms with Crippen LogP contribution < -0.4 is 10.6 Å². The van der Waals surface area contributed by atoms with Crippen LogP contribution in [0.15, 0.2) is 41.9 Å². The summed E-state index contributed by atoms with van der Waals surface area (Å²) in [6.07, 6.45) is 2.83. The fourth-order valence-corrected chi connectivity index (χ4v) is 3.86. The molecule has 1 aliphatic rings. The van der Waals surface area contributed by atoms with Gasteiger partial charge in [0.25, 0.3) is 5.91 Å². The summed E-state index contributed by atoms with van der Waals surface area (Å²) in [7, 11) is 1.93. The molecule has 0 saturated heterocycles. The van der Waals surface area contributed by atoms with E-state index in [1.54, 1.807) is 35.6 Å². The van der Waals surface area contributed by atoms with Crippen LogP contribution in [0, 0.1) is 0 Å². The largest absolute Gasteiger partial charge is 0.399 e. The second-order valence-corrected chi connectivity index (χ2v) is 6.56. The van der Waals surface area contributed by atoms with Crippen LogP contribution in [0.1, 0.15) is 15.9 Å². The molecule has 2 N–H and O–H groups in total. The maximum Gasteiger partial charge on any atom is 0.258 e. The van der Waals surface area contributed by atoms with Crippen molar-refractivity contribution in [2.45, 2.75) is 6.42 Å². The molecule has 3 heterocycles. The first-order chi connectivity index (χ1) is 11.1. The summed E-state index contributed by atoms with van der Waals surface area (Å²) in [5, 5.41) is 6.59. The summed E-state index contributed by atoms with van der Waals surface area (Å²) >= 11 is 1.62. The van der Waals surface area contributed by atoms with Gasteiger partial charge in [-0.15, -0.1) is 11.3 Å². The number of amides is 1. The van der Waals surface area contributed by atoms with Crippen molar-refractivity contribution in [2.75, 3.05) is 17.2 Å². The number of anilines is 2. The van der Waals surface area contributed by atoms with E-state index in [9.17, 15) is 4.79 Å². The van der Waals surface area contributed by atoms with E-state index < -0.39 is 0 Å². The highest BCUT2D eigenvalue weighted by molar-refractivity contribution is 7.14. The third-order valence-electron chi connectivity index (χ3n) is 4.06. The van der Waals surface area contributed by atoms with E-state index in [0.29, 0.717) is 17.8 Å². The molecular formula is C17H16N4OS. The molecule has 5 nitrogen and oxygen atoms in total. The molecule has 116 valence electrons. The van der Waals surface area contributed by atoms with Crippen molar-refractivity contribution in [1.29, 1.82) is 0 Å². The lowest BCUT2D eigenvalue weighted by Crippen LogP contribution is -2.32. The zero-order valence-corrected chi connectivity index (χ0v) is 13.5. The third-order valence-corrected chi connectivity index (χ3v) is 4.97. The first-order valence-corrected chi connectivity index (χ1v) is 8.29. The van der Waals surface area contributed by atoms with Gasteiger partial charge in [-0.3, -0.25) is 9.48 Å². The fraction of sp³-hybridized carbons (Fsp3) is 0.176. The SMILES string of the molecule is Cn1cc2c(n1)-c1sccc1N(C(=O)c1ccc(N)cc1)CC2. The summed E-state index contributed by atoms with van der Waals surface area (Å²) < 4.78 is 1.84. The Hall–Kier alpha value is -2.60. The number of aryl methyl sites for hydroxylation is 1. The molecule has 3 aromatic rings. The number of benzene rings is 1. The van der Waals surface area contributed by atoms with Gasteiger partial charge >= 0.3 is 0 Å². The maximum atomic E-state index is 12.9. The summed E-state index contributed by atoms with van der Waals surface area (Å²) in [5.74, 6) is -0.000761. The van der Waals surface area contributed by atoms with Gasteiger partial charge in [0, 0.05) is 36.6 Å². The smallest absolute Gasteiger partial charge is 0.258 e. The summed E-state index contributed by atoms with van der Waals surface area (Å²) in [6, 6.07) is 9.07. The van der Waals surface area contributed by atoms with E-state index >= 15 is 0 Å². The summed E-state index contributed by atoms with van der Waals surface area (Å²) in [5.41, 5.74) is 10.1. The lowest BCUT2D eigenvalue weighted by Gasteiger charge is -2.21. The number of aromatic nitrogens is 2. The Kier molecular flexibility index (Phi) is 3.20. The highest BCUT2D eigenvalue weighted by Crippen LogP contribution is 2.40. The molecule has 0 saturated carbocycles. The topological polar surface area (TPSA) is 64.2 Å². The minimum absolute atomic E-state index is 0.000761. The first kappa shape index (κ1) is 14.0. The number of nitrogen functional groups attached to an aromatic ring is 1. The van der Waals surface area contributed by atoms with Crippen LogP contribution in [0.25, 0.3) is 10.6 Å². The van der Waals surface area contributed by atoms with Crippen molar-refractivity contribution in [1.82, 2.24) is 9.78 Å². The number of thiophene rings is 1. The van der Waals surface area contributed by atoms with Crippen LogP contribution in [0.5, 0.6) is 0 Å². The van der Waals surface area contributed by atoms with E-state index in [0.717, 1.165) is 22.7 Å². The second kappa shape index (κ2) is 5.24. The highest BCUT2D eigenvalue weighted by Gasteiger charge is 2.27. The zero-order chi connectivity index (χ0) is 16.0. The monoisotopic (exact) mass is 324 g/mol. The number of carbonyl (C=O) groups excluding carboxylic acids is 1. The van der Waals surface area contributed by atoms with E-state index in [1.807, 2.05) is 34.3 Å². The van der Waals surface area contributed by atoms with Crippen molar-refractivity contribution in [3.63, 3.8) is 0 Å². The molecule has 0 spiro atoms. The average molecular weight is 324 g/mol. The van der Waals surface area contributed by atoms with Crippen molar-refractivity contribution in [3.8, 4) is 10.6 Å². The van der Waals surface area contributed by atoms with Crippen molar-refractivity contribution < 1.29 is 4.79 Å². The molecule has 6 heteroatoms. The van der Waals surface area contributed by atoms with Gasteiger partial charge in [-0.1, -0.05) is 0 Å². The molecule has 0 unspecified atom stereocenters. The number of nitrogens with zero attached hydrogens (tertiary/aromatic N) is 3. The van der Waals surface area contributed by atoms with Gasteiger partial charge in [-0.25, -0.2) is 0 Å². The number of rotatable bonds is 1. The highest BCUT2D eigenvalue weighted by atomic mass is 32.1. The molecule has 1 aromatic carbocycles. The number of nitrogens with two attached hydrogens (primary N) is 1. The second-order valence-electron chi connectivity index (χ2n) is 5.64. The van der Waals surface area contributed by atoms with Crippen LogP contribution in [0.4, 0.5) is 11.4 Å². The number of hydrogen-bond donors (Lipinski definition) is 1. The van der Waals surface area contributed by atoms with Gasteiger partial charge in [0.15, 0.2) is 0 Å². The van der Waals surface area contributed by atoms with Crippen LogP contribution in [0.3, 0.4) is 0 Å². The van der Waals surface area contributed by atoms with Gasteiger partial charge in [0.05, 0.1) is 10.6 Å². The lowest BCUT2D eigenvalue weighted by atomic mass is 10.1. The number of hydrogen-bond acceptors (Lipinski definition) is 4. The molecule has 0 fully saturated rings. The Morgan fingerprint density at radius 1 is 1.26 bits per heavy atom. The summed E-state index contributed by atoms with van der Waals surface area (Å²) in [6.45, 7) is 0.644. The molecule has 2 aromatic heterocycles. The van der Waals surface area contributed by atoms with Crippen molar-refractivity contribution in [2.24, 2.45) is 7.05 Å².